The molecule has 0 spiro atoms. The lowest BCUT2D eigenvalue weighted by Crippen LogP contribution is -2.12. The molecule has 0 aliphatic heterocycles. The second-order valence-electron chi connectivity index (χ2n) is 2.64. The van der Waals surface area contributed by atoms with Crippen LogP contribution in [-0.4, -0.2) is 27.7 Å². The zero-order chi connectivity index (χ0) is 9.84. The summed E-state index contributed by atoms with van der Waals surface area (Å²) in [6.45, 7) is 1.82. The average Bonchev–Trinajstić information content (AvgIpc) is 2.48. The maximum Gasteiger partial charge on any atom is 0.325 e. The van der Waals surface area contributed by atoms with Crippen molar-refractivity contribution in [2.24, 2.45) is 0 Å². The highest BCUT2D eigenvalue weighted by Gasteiger charge is 2.08. The summed E-state index contributed by atoms with van der Waals surface area (Å²) >= 11 is 0. The number of ether oxygens (including phenoxy) is 1. The number of carbonyl (C=O) groups is 1. The van der Waals surface area contributed by atoms with E-state index in [1.165, 1.54) is 13.4 Å². The summed E-state index contributed by atoms with van der Waals surface area (Å²) in [5.74, 6) is -0.329. The quantitative estimate of drug-likeness (QED) is 0.664. The van der Waals surface area contributed by atoms with Crippen molar-refractivity contribution in [3.63, 3.8) is 0 Å². The van der Waals surface area contributed by atoms with E-state index in [0.29, 0.717) is 5.69 Å². The number of hydrogen-bond donors (Lipinski definition) is 1. The molecule has 1 N–H and O–H groups in total. The van der Waals surface area contributed by atoms with Crippen LogP contribution in [0.1, 0.15) is 11.4 Å². The Labute approximate surface area is 76.0 Å². The first-order valence-corrected chi connectivity index (χ1v) is 3.87. The van der Waals surface area contributed by atoms with E-state index < -0.39 is 0 Å². The van der Waals surface area contributed by atoms with Gasteiger partial charge >= 0.3 is 5.97 Å². The molecule has 0 aliphatic rings. The van der Waals surface area contributed by atoms with E-state index in [0.717, 1.165) is 5.69 Å². The van der Waals surface area contributed by atoms with Crippen molar-refractivity contribution in [3.05, 3.63) is 17.7 Å². The van der Waals surface area contributed by atoms with Gasteiger partial charge in [-0.05, 0) is 6.92 Å². The summed E-state index contributed by atoms with van der Waals surface area (Å²) in [5, 5.41) is 8.83. The SMILES string of the molecule is COC(=O)Cn1cnc(CO)c1C. The fourth-order valence-electron chi connectivity index (χ4n) is 1.00. The van der Waals surface area contributed by atoms with Crippen LogP contribution in [0.5, 0.6) is 0 Å². The van der Waals surface area contributed by atoms with Gasteiger partial charge in [0.1, 0.15) is 6.54 Å². The fraction of sp³-hybridized carbons (Fsp3) is 0.500. The Morgan fingerprint density at radius 1 is 1.77 bits per heavy atom. The number of rotatable bonds is 3. The van der Waals surface area contributed by atoms with E-state index in [9.17, 15) is 4.79 Å². The summed E-state index contributed by atoms with van der Waals surface area (Å²) < 4.78 is 6.14. The number of esters is 1. The molecular formula is C8H12N2O3. The maximum absolute atomic E-state index is 10.9. The molecule has 0 aromatic carbocycles. The normalized spacial score (nSPS) is 10.1. The summed E-state index contributed by atoms with van der Waals surface area (Å²) in [7, 11) is 1.33. The highest BCUT2D eigenvalue weighted by Crippen LogP contribution is 2.05. The molecule has 0 aliphatic carbocycles. The van der Waals surface area contributed by atoms with Gasteiger partial charge in [-0.1, -0.05) is 0 Å². The third kappa shape index (κ3) is 2.06. The van der Waals surface area contributed by atoms with Crippen LogP contribution in [0.25, 0.3) is 0 Å². The van der Waals surface area contributed by atoms with Crippen molar-refractivity contribution in [2.75, 3.05) is 7.11 Å². The lowest BCUT2D eigenvalue weighted by Gasteiger charge is -2.02. The molecule has 0 fully saturated rings. The van der Waals surface area contributed by atoms with Crippen LogP contribution in [0.4, 0.5) is 0 Å². The topological polar surface area (TPSA) is 64.4 Å². The van der Waals surface area contributed by atoms with Crippen LogP contribution in [0, 0.1) is 6.92 Å². The summed E-state index contributed by atoms with van der Waals surface area (Å²) in [5.41, 5.74) is 1.37. The largest absolute Gasteiger partial charge is 0.468 e. The van der Waals surface area contributed by atoms with Crippen molar-refractivity contribution in [2.45, 2.75) is 20.1 Å². The maximum atomic E-state index is 10.9. The van der Waals surface area contributed by atoms with E-state index >= 15 is 0 Å². The Hall–Kier alpha value is -1.36. The van der Waals surface area contributed by atoms with Crippen LogP contribution in [0.3, 0.4) is 0 Å². The number of hydrogen-bond acceptors (Lipinski definition) is 4. The highest BCUT2D eigenvalue weighted by molar-refractivity contribution is 5.69. The second kappa shape index (κ2) is 4.04. The molecule has 0 unspecified atom stereocenters. The van der Waals surface area contributed by atoms with Crippen LogP contribution in [0.2, 0.25) is 0 Å². The average molecular weight is 184 g/mol. The molecule has 0 saturated carbocycles. The van der Waals surface area contributed by atoms with Crippen molar-refractivity contribution in [1.29, 1.82) is 0 Å². The lowest BCUT2D eigenvalue weighted by atomic mass is 10.3. The fourth-order valence-corrected chi connectivity index (χ4v) is 1.00. The molecule has 0 amide bonds. The Balaban J connectivity index is 2.78. The van der Waals surface area contributed by atoms with Gasteiger partial charge in [0.05, 0.1) is 25.7 Å². The number of imidazole rings is 1. The molecule has 5 heteroatoms. The Morgan fingerprint density at radius 2 is 2.46 bits per heavy atom. The predicted octanol–water partition coefficient (Wildman–Crippen LogP) is -0.143. The molecule has 1 aromatic rings. The molecule has 0 atom stereocenters. The van der Waals surface area contributed by atoms with E-state index in [4.69, 9.17) is 5.11 Å². The van der Waals surface area contributed by atoms with Crippen LogP contribution in [0.15, 0.2) is 6.33 Å². The smallest absolute Gasteiger partial charge is 0.325 e. The second-order valence-corrected chi connectivity index (χ2v) is 2.64. The summed E-state index contributed by atoms with van der Waals surface area (Å²) in [6.07, 6.45) is 1.51. The van der Waals surface area contributed by atoms with Gasteiger partial charge in [0.15, 0.2) is 0 Å². The van der Waals surface area contributed by atoms with Crippen molar-refractivity contribution in [3.8, 4) is 0 Å². The molecule has 1 heterocycles. The van der Waals surface area contributed by atoms with Gasteiger partial charge in [0.2, 0.25) is 0 Å². The number of aromatic nitrogens is 2. The molecule has 0 bridgehead atoms. The zero-order valence-corrected chi connectivity index (χ0v) is 7.65. The van der Waals surface area contributed by atoms with Crippen LogP contribution < -0.4 is 0 Å². The van der Waals surface area contributed by atoms with Gasteiger partial charge in [0.25, 0.3) is 0 Å². The Morgan fingerprint density at radius 3 is 2.92 bits per heavy atom. The van der Waals surface area contributed by atoms with Gasteiger partial charge in [-0.2, -0.15) is 0 Å². The lowest BCUT2D eigenvalue weighted by molar-refractivity contribution is -0.141. The number of methoxy groups -OCH3 is 1. The van der Waals surface area contributed by atoms with E-state index in [2.05, 4.69) is 9.72 Å². The van der Waals surface area contributed by atoms with Gasteiger partial charge in [0, 0.05) is 5.69 Å². The minimum absolute atomic E-state index is 0.111. The van der Waals surface area contributed by atoms with Crippen LogP contribution in [-0.2, 0) is 22.7 Å². The first-order valence-electron chi connectivity index (χ1n) is 3.87. The minimum atomic E-state index is -0.329. The van der Waals surface area contributed by atoms with Gasteiger partial charge < -0.3 is 14.4 Å². The standard InChI is InChI=1S/C8H12N2O3/c1-6-7(4-11)9-5-10(6)3-8(12)13-2/h5,11H,3-4H2,1-2H3. The zero-order valence-electron chi connectivity index (χ0n) is 7.65. The Kier molecular flexibility index (Phi) is 3.02. The molecule has 5 nitrogen and oxygen atoms in total. The van der Waals surface area contributed by atoms with Crippen molar-refractivity contribution >= 4 is 5.97 Å². The summed E-state index contributed by atoms with van der Waals surface area (Å²) in [6, 6.07) is 0. The first kappa shape index (κ1) is 9.73. The van der Waals surface area contributed by atoms with Gasteiger partial charge in [-0.25, -0.2) is 4.98 Å². The van der Waals surface area contributed by atoms with Crippen molar-refractivity contribution < 1.29 is 14.6 Å². The predicted molar refractivity (Wildman–Crippen MR) is 44.9 cm³/mol. The molecule has 1 aromatic heterocycles. The first-order chi connectivity index (χ1) is 6.19. The number of aliphatic hydroxyl groups is 1. The monoisotopic (exact) mass is 184 g/mol. The van der Waals surface area contributed by atoms with Gasteiger partial charge in [-0.15, -0.1) is 0 Å². The molecule has 72 valence electrons. The number of aliphatic hydroxyl groups excluding tert-OH is 1. The molecular weight excluding hydrogens is 172 g/mol. The van der Waals surface area contributed by atoms with Crippen LogP contribution >= 0.6 is 0 Å². The highest BCUT2D eigenvalue weighted by atomic mass is 16.5. The summed E-state index contributed by atoms with van der Waals surface area (Å²) in [4.78, 5) is 14.8. The van der Waals surface area contributed by atoms with Crippen molar-refractivity contribution in [1.82, 2.24) is 9.55 Å². The van der Waals surface area contributed by atoms with E-state index in [-0.39, 0.29) is 19.1 Å². The number of nitrogens with zero attached hydrogens (tertiary/aromatic N) is 2. The molecule has 0 radical (unpaired) electrons. The number of carbonyl (C=O) groups excluding carboxylic acids is 1. The third-order valence-electron chi connectivity index (χ3n) is 1.88. The Bertz CT molecular complexity index is 306. The van der Waals surface area contributed by atoms with E-state index in [1.807, 2.05) is 0 Å². The molecule has 0 saturated heterocycles. The molecule has 1 rings (SSSR count). The van der Waals surface area contributed by atoms with Gasteiger partial charge in [-0.3, -0.25) is 4.79 Å². The minimum Gasteiger partial charge on any atom is -0.468 e. The third-order valence-corrected chi connectivity index (χ3v) is 1.88. The van der Waals surface area contributed by atoms with E-state index in [1.54, 1.807) is 11.5 Å². The molecule has 13 heavy (non-hydrogen) atoms.